The van der Waals surface area contributed by atoms with Crippen molar-refractivity contribution in [3.8, 4) is 16.9 Å². The van der Waals surface area contributed by atoms with Gasteiger partial charge in [-0.1, -0.05) is 66.8 Å². The molecular formula is C17H15NO2S. The number of hydrogen-bond donors (Lipinski definition) is 2. The Morgan fingerprint density at radius 2 is 1.38 bits per heavy atom. The first-order valence-electron chi connectivity index (χ1n) is 6.39. The van der Waals surface area contributed by atoms with Gasteiger partial charge in [0.05, 0.1) is 0 Å². The molecule has 0 bridgehead atoms. The van der Waals surface area contributed by atoms with Crippen LogP contribution in [0.2, 0.25) is 0 Å². The molecule has 0 fully saturated rings. The van der Waals surface area contributed by atoms with E-state index in [0.717, 1.165) is 15.9 Å². The number of aromatic nitrogens is 1. The maximum atomic E-state index is 9.56. The molecule has 0 aliphatic heterocycles. The maximum Gasteiger partial charge on any atom is 0.142 e. The molecule has 0 unspecified atom stereocenters. The Labute approximate surface area is 128 Å². The van der Waals surface area contributed by atoms with Gasteiger partial charge in [-0.15, -0.1) is 0 Å². The number of pyridine rings is 1. The lowest BCUT2D eigenvalue weighted by molar-refractivity contribution is 0.180. The van der Waals surface area contributed by atoms with E-state index in [-0.39, 0.29) is 0 Å². The van der Waals surface area contributed by atoms with Gasteiger partial charge in [-0.05, 0) is 23.8 Å². The standard InChI is InChI=1S/C12H10O.C5H5NOS/c13-12-9-5-4-8-11(12)10-6-2-1-3-7-10;7-6-4-2-1-3-5(6)8/h1-9,13H;1-4,7H. The zero-order valence-electron chi connectivity index (χ0n) is 11.3. The highest BCUT2D eigenvalue weighted by atomic mass is 32.1. The highest BCUT2D eigenvalue weighted by Gasteiger charge is 2.00. The van der Waals surface area contributed by atoms with Crippen molar-refractivity contribution in [1.29, 1.82) is 0 Å². The largest absolute Gasteiger partial charge is 0.507 e. The van der Waals surface area contributed by atoms with Crippen LogP contribution in [-0.2, 0) is 0 Å². The van der Waals surface area contributed by atoms with Crippen LogP contribution in [0.15, 0.2) is 79.0 Å². The molecule has 0 saturated carbocycles. The van der Waals surface area contributed by atoms with E-state index >= 15 is 0 Å². The number of phenols is 1. The number of aromatic hydroxyl groups is 1. The lowest BCUT2D eigenvalue weighted by atomic mass is 10.1. The second-order valence-electron chi connectivity index (χ2n) is 4.27. The summed E-state index contributed by atoms with van der Waals surface area (Å²) in [5, 5.41) is 18.3. The van der Waals surface area contributed by atoms with E-state index in [1.807, 2.05) is 48.5 Å². The van der Waals surface area contributed by atoms with Gasteiger partial charge in [0, 0.05) is 11.8 Å². The van der Waals surface area contributed by atoms with Crippen LogP contribution in [0.3, 0.4) is 0 Å². The summed E-state index contributed by atoms with van der Waals surface area (Å²) in [5.74, 6) is 0.328. The summed E-state index contributed by atoms with van der Waals surface area (Å²) in [6.07, 6.45) is 1.49. The summed E-state index contributed by atoms with van der Waals surface area (Å²) in [6, 6.07) is 22.3. The van der Waals surface area contributed by atoms with Crippen molar-refractivity contribution in [2.75, 3.05) is 0 Å². The third kappa shape index (κ3) is 4.19. The molecule has 2 aromatic carbocycles. The van der Waals surface area contributed by atoms with Crippen LogP contribution in [0, 0.1) is 4.64 Å². The number of hydrogen-bond acceptors (Lipinski definition) is 3. The lowest BCUT2D eigenvalue weighted by Gasteiger charge is -2.02. The van der Waals surface area contributed by atoms with Gasteiger partial charge in [-0.2, -0.15) is 4.73 Å². The number of phenolic OH excluding ortho intramolecular Hbond substituents is 1. The van der Waals surface area contributed by atoms with Gasteiger partial charge in [0.25, 0.3) is 0 Å². The third-order valence-corrected chi connectivity index (χ3v) is 3.11. The van der Waals surface area contributed by atoms with E-state index in [0.29, 0.717) is 10.4 Å². The van der Waals surface area contributed by atoms with Gasteiger partial charge in [0.2, 0.25) is 0 Å². The summed E-state index contributed by atoms with van der Waals surface area (Å²) in [4.78, 5) is 0. The van der Waals surface area contributed by atoms with Crippen molar-refractivity contribution >= 4 is 12.2 Å². The minimum atomic E-state index is 0.328. The first kappa shape index (κ1) is 14.8. The predicted molar refractivity (Wildman–Crippen MR) is 86.0 cm³/mol. The minimum absolute atomic E-state index is 0.328. The van der Waals surface area contributed by atoms with Gasteiger partial charge < -0.3 is 10.3 Å². The second-order valence-corrected chi connectivity index (χ2v) is 4.68. The fourth-order valence-corrected chi connectivity index (χ4v) is 1.89. The molecule has 0 atom stereocenters. The molecule has 1 aromatic heterocycles. The van der Waals surface area contributed by atoms with E-state index in [9.17, 15) is 5.11 Å². The smallest absolute Gasteiger partial charge is 0.142 e. The fraction of sp³-hybridized carbons (Fsp3) is 0. The van der Waals surface area contributed by atoms with Crippen molar-refractivity contribution in [2.24, 2.45) is 0 Å². The second kappa shape index (κ2) is 7.26. The molecule has 4 heteroatoms. The van der Waals surface area contributed by atoms with Gasteiger partial charge in [0.1, 0.15) is 10.4 Å². The Hall–Kier alpha value is -2.59. The summed E-state index contributed by atoms with van der Waals surface area (Å²) in [6.45, 7) is 0. The highest BCUT2D eigenvalue weighted by molar-refractivity contribution is 7.71. The molecule has 106 valence electrons. The van der Waals surface area contributed by atoms with Crippen molar-refractivity contribution in [3.05, 3.63) is 83.6 Å². The third-order valence-electron chi connectivity index (χ3n) is 2.79. The number of para-hydroxylation sites is 1. The summed E-state index contributed by atoms with van der Waals surface area (Å²) in [7, 11) is 0. The van der Waals surface area contributed by atoms with E-state index in [1.54, 1.807) is 24.3 Å². The molecule has 21 heavy (non-hydrogen) atoms. The molecule has 3 nitrogen and oxygen atoms in total. The zero-order chi connectivity index (χ0) is 15.1. The van der Waals surface area contributed by atoms with Crippen LogP contribution >= 0.6 is 12.2 Å². The molecule has 3 rings (SSSR count). The normalized spacial score (nSPS) is 9.52. The Morgan fingerprint density at radius 3 is 1.95 bits per heavy atom. The predicted octanol–water partition coefficient (Wildman–Crippen LogP) is 4.51. The highest BCUT2D eigenvalue weighted by Crippen LogP contribution is 2.27. The number of benzene rings is 2. The van der Waals surface area contributed by atoms with E-state index in [2.05, 4.69) is 12.2 Å². The topological polar surface area (TPSA) is 45.4 Å². The molecule has 1 heterocycles. The summed E-state index contributed by atoms with van der Waals surface area (Å²) < 4.78 is 1.32. The molecule has 0 aliphatic rings. The quantitative estimate of drug-likeness (QED) is 0.513. The van der Waals surface area contributed by atoms with Crippen LogP contribution in [0.25, 0.3) is 11.1 Å². The zero-order valence-corrected chi connectivity index (χ0v) is 12.1. The molecular weight excluding hydrogens is 282 g/mol. The van der Waals surface area contributed by atoms with Gasteiger partial charge in [-0.3, -0.25) is 0 Å². The number of nitrogens with zero attached hydrogens (tertiary/aromatic N) is 1. The van der Waals surface area contributed by atoms with E-state index < -0.39 is 0 Å². The number of rotatable bonds is 1. The maximum absolute atomic E-state index is 9.56. The molecule has 0 amide bonds. The summed E-state index contributed by atoms with van der Waals surface area (Å²) >= 11 is 4.67. The molecule has 2 N–H and O–H groups in total. The first-order valence-corrected chi connectivity index (χ1v) is 6.79. The van der Waals surface area contributed by atoms with Crippen LogP contribution in [-0.4, -0.2) is 15.0 Å². The van der Waals surface area contributed by atoms with Crippen molar-refractivity contribution in [3.63, 3.8) is 0 Å². The van der Waals surface area contributed by atoms with Gasteiger partial charge >= 0.3 is 0 Å². The van der Waals surface area contributed by atoms with Gasteiger partial charge in [0.15, 0.2) is 0 Å². The molecule has 0 spiro atoms. The molecule has 0 radical (unpaired) electrons. The minimum Gasteiger partial charge on any atom is -0.507 e. The van der Waals surface area contributed by atoms with Crippen molar-refractivity contribution < 1.29 is 10.3 Å². The molecule has 0 saturated heterocycles. The first-order chi connectivity index (χ1) is 10.2. The average Bonchev–Trinajstić information content (AvgIpc) is 2.52. The Morgan fingerprint density at radius 1 is 0.762 bits per heavy atom. The van der Waals surface area contributed by atoms with E-state index in [4.69, 9.17) is 5.21 Å². The Balaban J connectivity index is 0.000000173. The van der Waals surface area contributed by atoms with Crippen LogP contribution < -0.4 is 0 Å². The molecule has 3 aromatic rings. The van der Waals surface area contributed by atoms with Crippen LogP contribution in [0.4, 0.5) is 0 Å². The average molecular weight is 297 g/mol. The monoisotopic (exact) mass is 297 g/mol. The van der Waals surface area contributed by atoms with Gasteiger partial charge in [-0.25, -0.2) is 0 Å². The Bertz CT molecular complexity index is 754. The lowest BCUT2D eigenvalue weighted by Crippen LogP contribution is -1.89. The van der Waals surface area contributed by atoms with Crippen molar-refractivity contribution in [2.45, 2.75) is 0 Å². The summed E-state index contributed by atoms with van der Waals surface area (Å²) in [5.41, 5.74) is 1.92. The van der Waals surface area contributed by atoms with Crippen LogP contribution in [0.1, 0.15) is 0 Å². The molecule has 0 aliphatic carbocycles. The fourth-order valence-electron chi connectivity index (χ4n) is 1.75. The van der Waals surface area contributed by atoms with Crippen LogP contribution in [0.5, 0.6) is 5.75 Å². The Kier molecular flexibility index (Phi) is 5.12. The van der Waals surface area contributed by atoms with Crippen molar-refractivity contribution in [1.82, 2.24) is 4.73 Å². The SMILES string of the molecule is Oc1ccccc1-c1ccccc1.On1ccccc1=S. The van der Waals surface area contributed by atoms with E-state index in [1.165, 1.54) is 6.20 Å².